The lowest BCUT2D eigenvalue weighted by molar-refractivity contribution is -0.130. The number of ether oxygens (including phenoxy) is 1. The van der Waals surface area contributed by atoms with Crippen molar-refractivity contribution >= 4 is 17.5 Å². The minimum Gasteiger partial charge on any atom is -0.373 e. The molecule has 3 aromatic rings. The highest BCUT2D eigenvalue weighted by atomic mass is 16.5. The van der Waals surface area contributed by atoms with Crippen LogP contribution in [0.25, 0.3) is 0 Å². The molecule has 0 saturated carbocycles. The normalized spacial score (nSPS) is 18.6. The third kappa shape index (κ3) is 6.30. The summed E-state index contributed by atoms with van der Waals surface area (Å²) in [6.45, 7) is 12.8. The largest absolute Gasteiger partial charge is 0.373 e. The highest BCUT2D eigenvalue weighted by Gasteiger charge is 2.43. The summed E-state index contributed by atoms with van der Waals surface area (Å²) in [5.74, 6) is -0.826. The molecule has 1 aliphatic rings. The molecule has 1 N–H and O–H groups in total. The van der Waals surface area contributed by atoms with Gasteiger partial charge in [-0.1, -0.05) is 69.3 Å². The molecule has 200 valence electrons. The molecule has 1 fully saturated rings. The summed E-state index contributed by atoms with van der Waals surface area (Å²) >= 11 is 0. The van der Waals surface area contributed by atoms with Crippen LogP contribution in [0, 0.1) is 5.92 Å². The predicted molar refractivity (Wildman–Crippen MR) is 151 cm³/mol. The fraction of sp³-hybridized carbons (Fsp3) is 0.406. The molecule has 0 spiro atoms. The monoisotopic (exact) mass is 513 g/mol. The first-order valence-electron chi connectivity index (χ1n) is 13.3. The molecule has 0 radical (unpaired) electrons. The lowest BCUT2D eigenvalue weighted by Crippen LogP contribution is -2.51. The quantitative estimate of drug-likeness (QED) is 0.429. The molecule has 4 rings (SSSR count). The summed E-state index contributed by atoms with van der Waals surface area (Å²) in [4.78, 5) is 34.4. The number of carbonyl (C=O) groups is 2. The number of nitrogens with zero attached hydrogens (tertiary/aromatic N) is 2. The summed E-state index contributed by atoms with van der Waals surface area (Å²) < 4.78 is 6.09. The van der Waals surface area contributed by atoms with Crippen molar-refractivity contribution in [3.63, 3.8) is 0 Å². The predicted octanol–water partition coefficient (Wildman–Crippen LogP) is 6.15. The van der Waals surface area contributed by atoms with Crippen LogP contribution in [0.1, 0.15) is 76.8 Å². The molecule has 0 bridgehead atoms. The summed E-state index contributed by atoms with van der Waals surface area (Å²) in [5, 5.41) is 3.10. The number of carbonyl (C=O) groups excluding carboxylic acids is 2. The number of pyridine rings is 1. The molecule has 6 heteroatoms. The van der Waals surface area contributed by atoms with E-state index >= 15 is 0 Å². The highest BCUT2D eigenvalue weighted by Crippen LogP contribution is 2.39. The molecular formula is C32H39N3O3. The number of nitrogens with one attached hydrogen (secondary N) is 1. The molecule has 0 aliphatic carbocycles. The molecule has 1 saturated heterocycles. The Morgan fingerprint density at radius 2 is 1.63 bits per heavy atom. The van der Waals surface area contributed by atoms with E-state index in [1.807, 2.05) is 81.4 Å². The number of rotatable bonds is 6. The van der Waals surface area contributed by atoms with Gasteiger partial charge in [0.2, 0.25) is 11.8 Å². The van der Waals surface area contributed by atoms with E-state index in [2.05, 4.69) is 31.1 Å². The van der Waals surface area contributed by atoms with E-state index in [1.165, 1.54) is 0 Å². The van der Waals surface area contributed by atoms with Crippen molar-refractivity contribution in [3.05, 3.63) is 95.8 Å². The summed E-state index contributed by atoms with van der Waals surface area (Å²) in [7, 11) is 0. The van der Waals surface area contributed by atoms with Gasteiger partial charge in [0.25, 0.3) is 0 Å². The van der Waals surface area contributed by atoms with Gasteiger partial charge in [0.05, 0.1) is 12.0 Å². The van der Waals surface area contributed by atoms with Gasteiger partial charge in [-0.2, -0.15) is 0 Å². The van der Waals surface area contributed by atoms with Crippen LogP contribution in [-0.4, -0.2) is 28.9 Å². The van der Waals surface area contributed by atoms with Crippen LogP contribution in [0.2, 0.25) is 0 Å². The third-order valence-electron chi connectivity index (χ3n) is 6.79. The lowest BCUT2D eigenvalue weighted by Gasteiger charge is -2.36. The number of aromatic nitrogens is 1. The van der Waals surface area contributed by atoms with Gasteiger partial charge in [-0.15, -0.1) is 0 Å². The van der Waals surface area contributed by atoms with Gasteiger partial charge in [0, 0.05) is 35.8 Å². The van der Waals surface area contributed by atoms with Gasteiger partial charge < -0.3 is 10.1 Å². The Kier molecular flexibility index (Phi) is 8.02. The van der Waals surface area contributed by atoms with Gasteiger partial charge in [-0.25, -0.2) is 0 Å². The Labute approximate surface area is 226 Å². The Balaban J connectivity index is 1.83. The number of benzene rings is 2. The fourth-order valence-corrected chi connectivity index (χ4v) is 4.91. The van der Waals surface area contributed by atoms with Crippen molar-refractivity contribution in [2.45, 2.75) is 71.1 Å². The van der Waals surface area contributed by atoms with Crippen molar-refractivity contribution in [2.24, 2.45) is 5.92 Å². The number of hydrogen-bond donors (Lipinski definition) is 1. The average Bonchev–Trinajstić information content (AvgIpc) is 3.36. The SMILES string of the molecule is CC(C)(C)NC(=O)C(c1cccnc1)N(C(=O)[C@H]1CCO[C@@H]1c1ccccc1)c1ccc(C(C)(C)C)cc1. The Morgan fingerprint density at radius 3 is 2.21 bits per heavy atom. The Bertz CT molecular complexity index is 1230. The average molecular weight is 514 g/mol. The minimum absolute atomic E-state index is 0.0442. The second-order valence-electron chi connectivity index (χ2n) is 12.0. The topological polar surface area (TPSA) is 71.5 Å². The highest BCUT2D eigenvalue weighted by molar-refractivity contribution is 6.02. The molecule has 2 aromatic carbocycles. The molecule has 6 nitrogen and oxygen atoms in total. The second-order valence-corrected chi connectivity index (χ2v) is 12.0. The van der Waals surface area contributed by atoms with Crippen LogP contribution in [0.15, 0.2) is 79.1 Å². The van der Waals surface area contributed by atoms with Crippen LogP contribution in [-0.2, 0) is 19.7 Å². The first kappa shape index (κ1) is 27.5. The maximum absolute atomic E-state index is 14.5. The van der Waals surface area contributed by atoms with E-state index in [9.17, 15) is 9.59 Å². The van der Waals surface area contributed by atoms with Gasteiger partial charge in [0.1, 0.15) is 6.04 Å². The van der Waals surface area contributed by atoms with Crippen LogP contribution in [0.4, 0.5) is 5.69 Å². The van der Waals surface area contributed by atoms with Gasteiger partial charge in [0.15, 0.2) is 0 Å². The summed E-state index contributed by atoms with van der Waals surface area (Å²) in [6.07, 6.45) is 3.54. The Morgan fingerprint density at radius 1 is 0.947 bits per heavy atom. The molecule has 38 heavy (non-hydrogen) atoms. The van der Waals surface area contributed by atoms with E-state index in [-0.39, 0.29) is 23.3 Å². The van der Waals surface area contributed by atoms with E-state index in [0.29, 0.717) is 24.3 Å². The van der Waals surface area contributed by atoms with Crippen LogP contribution in [0.5, 0.6) is 0 Å². The zero-order valence-corrected chi connectivity index (χ0v) is 23.3. The first-order valence-corrected chi connectivity index (χ1v) is 13.3. The molecular weight excluding hydrogens is 474 g/mol. The molecule has 1 unspecified atom stereocenters. The third-order valence-corrected chi connectivity index (χ3v) is 6.79. The Hall–Kier alpha value is -3.51. The van der Waals surface area contributed by atoms with E-state index in [0.717, 1.165) is 11.1 Å². The zero-order chi connectivity index (χ0) is 27.5. The van der Waals surface area contributed by atoms with E-state index < -0.39 is 17.5 Å². The van der Waals surface area contributed by atoms with Crippen molar-refractivity contribution < 1.29 is 14.3 Å². The molecule has 2 heterocycles. The molecule has 1 aromatic heterocycles. The maximum atomic E-state index is 14.5. The molecule has 1 aliphatic heterocycles. The van der Waals surface area contributed by atoms with Crippen molar-refractivity contribution in [1.29, 1.82) is 0 Å². The molecule has 3 atom stereocenters. The first-order chi connectivity index (χ1) is 18.0. The van der Waals surface area contributed by atoms with E-state index in [1.54, 1.807) is 23.4 Å². The zero-order valence-electron chi connectivity index (χ0n) is 23.3. The summed E-state index contributed by atoms with van der Waals surface area (Å²) in [5.41, 5.74) is 2.90. The number of amides is 2. The second kappa shape index (κ2) is 11.1. The van der Waals surface area contributed by atoms with Crippen LogP contribution in [0.3, 0.4) is 0 Å². The van der Waals surface area contributed by atoms with Crippen LogP contribution >= 0.6 is 0 Å². The smallest absolute Gasteiger partial charge is 0.248 e. The molecule has 2 amide bonds. The van der Waals surface area contributed by atoms with Gasteiger partial charge in [-0.3, -0.25) is 19.5 Å². The van der Waals surface area contributed by atoms with E-state index in [4.69, 9.17) is 4.74 Å². The lowest BCUT2D eigenvalue weighted by atomic mass is 9.87. The standard InChI is InChI=1S/C32H39N3O3/c1-31(2,3)24-14-16-25(17-15-24)35(27(23-13-10-19-33-21-23)29(36)34-32(4,5)6)30(37)26-18-20-38-28(26)22-11-8-7-9-12-22/h7-17,19,21,26-28H,18,20H2,1-6H3,(H,34,36)/t26-,27?,28+/m0/s1. The van der Waals surface area contributed by atoms with Gasteiger partial charge in [-0.05, 0) is 61.9 Å². The number of hydrogen-bond acceptors (Lipinski definition) is 4. The van der Waals surface area contributed by atoms with Crippen LogP contribution < -0.4 is 10.2 Å². The maximum Gasteiger partial charge on any atom is 0.248 e. The summed E-state index contributed by atoms with van der Waals surface area (Å²) in [6, 6.07) is 20.6. The number of anilines is 1. The van der Waals surface area contributed by atoms with Gasteiger partial charge >= 0.3 is 0 Å². The van der Waals surface area contributed by atoms with Crippen molar-refractivity contribution in [2.75, 3.05) is 11.5 Å². The minimum atomic E-state index is -0.895. The van der Waals surface area contributed by atoms with Crippen molar-refractivity contribution in [1.82, 2.24) is 10.3 Å². The van der Waals surface area contributed by atoms with Crippen molar-refractivity contribution in [3.8, 4) is 0 Å². The fourth-order valence-electron chi connectivity index (χ4n) is 4.91.